The zero-order chi connectivity index (χ0) is 16.3. The van der Waals surface area contributed by atoms with Gasteiger partial charge in [0.2, 0.25) is 0 Å². The highest BCUT2D eigenvalue weighted by Crippen LogP contribution is 2.36. The molecule has 0 heterocycles. The van der Waals surface area contributed by atoms with Gasteiger partial charge in [0, 0.05) is 11.5 Å². The Bertz CT molecular complexity index is 679. The van der Waals surface area contributed by atoms with Gasteiger partial charge in [0.1, 0.15) is 5.75 Å². The fourth-order valence-corrected chi connectivity index (χ4v) is 2.62. The van der Waals surface area contributed by atoms with E-state index in [1.165, 1.54) is 7.11 Å². The van der Waals surface area contributed by atoms with Gasteiger partial charge < -0.3 is 14.9 Å². The van der Waals surface area contributed by atoms with Gasteiger partial charge >= 0.3 is 5.97 Å². The Hall–Kier alpha value is -2.33. The zero-order valence-electron chi connectivity index (χ0n) is 12.9. The van der Waals surface area contributed by atoms with Crippen LogP contribution in [0.3, 0.4) is 0 Å². The number of hydrogen-bond donors (Lipinski definition) is 2. The van der Waals surface area contributed by atoms with Gasteiger partial charge in [0.15, 0.2) is 6.10 Å². The third-order valence-electron chi connectivity index (χ3n) is 3.80. The summed E-state index contributed by atoms with van der Waals surface area (Å²) in [5, 5.41) is 20.6. The number of carbonyl (C=O) groups is 1. The van der Waals surface area contributed by atoms with E-state index >= 15 is 0 Å². The summed E-state index contributed by atoms with van der Waals surface area (Å²) in [6.07, 6.45) is -1.39. The first-order valence-electron chi connectivity index (χ1n) is 7.06. The van der Waals surface area contributed by atoms with Crippen molar-refractivity contribution in [2.75, 3.05) is 7.11 Å². The molecule has 0 saturated carbocycles. The van der Waals surface area contributed by atoms with E-state index in [4.69, 9.17) is 0 Å². The predicted octanol–water partition coefficient (Wildman–Crippen LogP) is 2.67. The summed E-state index contributed by atoms with van der Waals surface area (Å²) in [6.45, 7) is 3.79. The molecule has 0 aliphatic heterocycles. The molecule has 4 heteroatoms. The molecule has 0 aromatic heterocycles. The minimum Gasteiger partial charge on any atom is -0.508 e. The van der Waals surface area contributed by atoms with Gasteiger partial charge in [-0.25, -0.2) is 4.79 Å². The normalized spacial score (nSPS) is 13.5. The van der Waals surface area contributed by atoms with E-state index < -0.39 is 18.0 Å². The Balaban J connectivity index is 2.63. The van der Waals surface area contributed by atoms with Gasteiger partial charge in [-0.3, -0.25) is 0 Å². The molecule has 0 aliphatic rings. The summed E-state index contributed by atoms with van der Waals surface area (Å²) in [4.78, 5) is 11.9. The minimum absolute atomic E-state index is 0.0433. The van der Waals surface area contributed by atoms with Crippen LogP contribution in [0.5, 0.6) is 5.75 Å². The van der Waals surface area contributed by atoms with Crippen molar-refractivity contribution in [3.63, 3.8) is 0 Å². The van der Waals surface area contributed by atoms with Gasteiger partial charge in [-0.1, -0.05) is 42.0 Å². The van der Waals surface area contributed by atoms with Crippen molar-refractivity contribution in [1.29, 1.82) is 0 Å². The van der Waals surface area contributed by atoms with E-state index in [-0.39, 0.29) is 5.75 Å². The van der Waals surface area contributed by atoms with Crippen LogP contribution in [-0.4, -0.2) is 29.4 Å². The van der Waals surface area contributed by atoms with Gasteiger partial charge in [0.05, 0.1) is 7.11 Å². The molecule has 4 nitrogen and oxygen atoms in total. The number of aliphatic hydroxyl groups is 1. The molecular formula is C18H20O4. The summed E-state index contributed by atoms with van der Waals surface area (Å²) in [5.41, 5.74) is 3.15. The number of rotatable bonds is 4. The molecule has 116 valence electrons. The maximum absolute atomic E-state index is 11.9. The SMILES string of the molecule is COC(=O)[C@@H](O)[C@@H](c1ccccc1C)c1cc(C)ccc1O. The molecule has 0 aliphatic carbocycles. The average Bonchev–Trinajstić information content (AvgIpc) is 2.51. The fraction of sp³-hybridized carbons (Fsp3) is 0.278. The van der Waals surface area contributed by atoms with E-state index in [1.807, 2.05) is 38.1 Å². The second-order valence-corrected chi connectivity index (χ2v) is 5.36. The Labute approximate surface area is 130 Å². The monoisotopic (exact) mass is 300 g/mol. The number of carbonyl (C=O) groups excluding carboxylic acids is 1. The van der Waals surface area contributed by atoms with Gasteiger partial charge in [0.25, 0.3) is 0 Å². The first kappa shape index (κ1) is 16.0. The van der Waals surface area contributed by atoms with Crippen LogP contribution in [0.4, 0.5) is 0 Å². The lowest BCUT2D eigenvalue weighted by molar-refractivity contribution is -0.151. The number of esters is 1. The number of methoxy groups -OCH3 is 1. The number of aliphatic hydroxyl groups excluding tert-OH is 1. The van der Waals surface area contributed by atoms with Crippen LogP contribution in [0.15, 0.2) is 42.5 Å². The third-order valence-corrected chi connectivity index (χ3v) is 3.80. The molecule has 0 saturated heterocycles. The van der Waals surface area contributed by atoms with Crippen molar-refractivity contribution in [2.24, 2.45) is 0 Å². The number of aromatic hydroxyl groups is 1. The standard InChI is InChI=1S/C18H20O4/c1-11-8-9-15(19)14(10-11)16(17(20)18(21)22-3)13-7-5-4-6-12(13)2/h4-10,16-17,19-20H,1-3H3/t16-,17-/m0/s1. The molecule has 2 aromatic rings. The highest BCUT2D eigenvalue weighted by atomic mass is 16.5. The minimum atomic E-state index is -1.39. The Kier molecular flexibility index (Phi) is 4.83. The van der Waals surface area contributed by atoms with E-state index in [9.17, 15) is 15.0 Å². The lowest BCUT2D eigenvalue weighted by Gasteiger charge is -2.24. The van der Waals surface area contributed by atoms with Crippen molar-refractivity contribution < 1.29 is 19.7 Å². The van der Waals surface area contributed by atoms with E-state index in [0.29, 0.717) is 5.56 Å². The highest BCUT2D eigenvalue weighted by Gasteiger charge is 2.32. The number of phenols is 1. The van der Waals surface area contributed by atoms with Crippen molar-refractivity contribution in [3.05, 3.63) is 64.7 Å². The summed E-state index contributed by atoms with van der Waals surface area (Å²) >= 11 is 0. The number of phenolic OH excluding ortho intramolecular Hbond substituents is 1. The third kappa shape index (κ3) is 3.12. The molecule has 0 radical (unpaired) electrons. The molecule has 0 amide bonds. The largest absolute Gasteiger partial charge is 0.508 e. The topological polar surface area (TPSA) is 66.8 Å². The van der Waals surface area contributed by atoms with Crippen molar-refractivity contribution in [3.8, 4) is 5.75 Å². The van der Waals surface area contributed by atoms with Crippen LogP contribution in [0.1, 0.15) is 28.2 Å². The van der Waals surface area contributed by atoms with Crippen LogP contribution < -0.4 is 0 Å². The zero-order valence-corrected chi connectivity index (χ0v) is 12.9. The number of ether oxygens (including phenoxy) is 1. The highest BCUT2D eigenvalue weighted by molar-refractivity contribution is 5.77. The summed E-state index contributed by atoms with van der Waals surface area (Å²) in [5.74, 6) is -1.37. The van der Waals surface area contributed by atoms with Crippen LogP contribution in [0.2, 0.25) is 0 Å². The van der Waals surface area contributed by atoms with E-state index in [2.05, 4.69) is 4.74 Å². The number of hydrogen-bond acceptors (Lipinski definition) is 4. The summed E-state index contributed by atoms with van der Waals surface area (Å²) < 4.78 is 4.68. The van der Waals surface area contributed by atoms with Crippen molar-refractivity contribution >= 4 is 5.97 Å². The lowest BCUT2D eigenvalue weighted by Crippen LogP contribution is -2.30. The van der Waals surface area contributed by atoms with E-state index in [0.717, 1.165) is 16.7 Å². The van der Waals surface area contributed by atoms with Crippen LogP contribution in [-0.2, 0) is 9.53 Å². The van der Waals surface area contributed by atoms with Gasteiger partial charge in [-0.15, -0.1) is 0 Å². The Morgan fingerprint density at radius 1 is 1.09 bits per heavy atom. The average molecular weight is 300 g/mol. The Morgan fingerprint density at radius 2 is 1.77 bits per heavy atom. The van der Waals surface area contributed by atoms with Crippen LogP contribution >= 0.6 is 0 Å². The van der Waals surface area contributed by atoms with Crippen LogP contribution in [0, 0.1) is 13.8 Å². The van der Waals surface area contributed by atoms with E-state index in [1.54, 1.807) is 18.2 Å². The molecule has 0 unspecified atom stereocenters. The second-order valence-electron chi connectivity index (χ2n) is 5.36. The maximum Gasteiger partial charge on any atom is 0.335 e. The smallest absolute Gasteiger partial charge is 0.335 e. The predicted molar refractivity (Wildman–Crippen MR) is 83.9 cm³/mol. The van der Waals surface area contributed by atoms with Crippen molar-refractivity contribution in [1.82, 2.24) is 0 Å². The second kappa shape index (κ2) is 6.62. The van der Waals surface area contributed by atoms with Gasteiger partial charge in [-0.2, -0.15) is 0 Å². The van der Waals surface area contributed by atoms with Crippen LogP contribution in [0.25, 0.3) is 0 Å². The first-order chi connectivity index (χ1) is 10.5. The molecule has 2 aromatic carbocycles. The fourth-order valence-electron chi connectivity index (χ4n) is 2.62. The lowest BCUT2D eigenvalue weighted by atomic mass is 9.83. The maximum atomic E-state index is 11.9. The Morgan fingerprint density at radius 3 is 2.41 bits per heavy atom. The summed E-state index contributed by atoms with van der Waals surface area (Å²) in [7, 11) is 1.23. The molecule has 0 spiro atoms. The molecule has 0 fully saturated rings. The molecule has 2 atom stereocenters. The number of benzene rings is 2. The quantitative estimate of drug-likeness (QED) is 0.852. The van der Waals surface area contributed by atoms with Crippen molar-refractivity contribution in [2.45, 2.75) is 25.9 Å². The van der Waals surface area contributed by atoms with Gasteiger partial charge in [-0.05, 0) is 31.0 Å². The molecule has 0 bridgehead atoms. The molecular weight excluding hydrogens is 280 g/mol. The first-order valence-corrected chi connectivity index (χ1v) is 7.06. The molecule has 22 heavy (non-hydrogen) atoms. The number of aryl methyl sites for hydroxylation is 2. The summed E-state index contributed by atoms with van der Waals surface area (Å²) in [6, 6.07) is 12.6. The molecule has 2 N–H and O–H groups in total. The molecule has 2 rings (SSSR count).